The summed E-state index contributed by atoms with van der Waals surface area (Å²) in [5, 5.41) is 0. The maximum Gasteiger partial charge on any atom is 0.282 e. The summed E-state index contributed by atoms with van der Waals surface area (Å²) >= 11 is 0. The molecule has 4 nitrogen and oxygen atoms in total. The van der Waals surface area contributed by atoms with Crippen molar-refractivity contribution in [1.29, 1.82) is 0 Å². The van der Waals surface area contributed by atoms with E-state index in [9.17, 15) is 8.42 Å². The zero-order valence-corrected chi connectivity index (χ0v) is 13.5. The van der Waals surface area contributed by atoms with Gasteiger partial charge < -0.3 is 0 Å². The number of hydrogen-bond acceptors (Lipinski definition) is 2. The molecule has 2 aromatic rings. The van der Waals surface area contributed by atoms with Crippen molar-refractivity contribution in [2.24, 2.45) is 0 Å². The van der Waals surface area contributed by atoms with Gasteiger partial charge in [0.1, 0.15) is 0 Å². The molecule has 0 spiro atoms. The molecule has 5 heteroatoms. The molecule has 2 aromatic carbocycles. The second-order valence-corrected chi connectivity index (χ2v) is 7.64. The zero-order valence-electron chi connectivity index (χ0n) is 12.6. The maximum atomic E-state index is 12.8. The number of benzene rings is 2. The van der Waals surface area contributed by atoms with Gasteiger partial charge in [-0.15, -0.1) is 0 Å². The number of fused-ring (bicyclic) bond motifs is 1. The van der Waals surface area contributed by atoms with Gasteiger partial charge in [0, 0.05) is 26.7 Å². The molecule has 0 aliphatic carbocycles. The van der Waals surface area contributed by atoms with Crippen LogP contribution in [0, 0.1) is 0 Å². The first-order chi connectivity index (χ1) is 10.6. The van der Waals surface area contributed by atoms with Crippen LogP contribution in [0.2, 0.25) is 0 Å². The second-order valence-electron chi connectivity index (χ2n) is 5.60. The van der Waals surface area contributed by atoms with Crippen LogP contribution in [-0.2, 0) is 29.7 Å². The molecule has 0 aromatic heterocycles. The van der Waals surface area contributed by atoms with E-state index in [-0.39, 0.29) is 0 Å². The second kappa shape index (κ2) is 6.20. The smallest absolute Gasteiger partial charge is 0.195 e. The van der Waals surface area contributed by atoms with Crippen molar-refractivity contribution in [3.8, 4) is 0 Å². The first-order valence-electron chi connectivity index (χ1n) is 7.39. The third kappa shape index (κ3) is 3.06. The summed E-state index contributed by atoms with van der Waals surface area (Å²) in [6.07, 6.45) is 0.772. The summed E-state index contributed by atoms with van der Waals surface area (Å²) in [4.78, 5) is 0. The van der Waals surface area contributed by atoms with Gasteiger partial charge in [-0.3, -0.25) is 0 Å². The molecule has 1 aliphatic heterocycles. The third-order valence-electron chi connectivity index (χ3n) is 4.06. The Balaban J connectivity index is 1.76. The van der Waals surface area contributed by atoms with Gasteiger partial charge in [0.05, 0.1) is 0 Å². The molecule has 116 valence electrons. The Bertz CT molecular complexity index is 744. The predicted octanol–water partition coefficient (Wildman–Crippen LogP) is 2.42. The fourth-order valence-electron chi connectivity index (χ4n) is 2.79. The van der Waals surface area contributed by atoms with Gasteiger partial charge in [0.15, 0.2) is 0 Å². The molecule has 0 atom stereocenters. The molecule has 0 saturated heterocycles. The van der Waals surface area contributed by atoms with Crippen LogP contribution in [0.15, 0.2) is 54.6 Å². The Hall–Kier alpha value is -1.69. The van der Waals surface area contributed by atoms with E-state index in [1.165, 1.54) is 9.87 Å². The molecule has 1 heterocycles. The summed E-state index contributed by atoms with van der Waals surface area (Å²) in [6.45, 7) is 1.39. The van der Waals surface area contributed by atoms with Crippen LogP contribution in [-0.4, -0.2) is 30.6 Å². The molecular formula is C17H20N2O2S. The number of hydrogen-bond donors (Lipinski definition) is 0. The Labute approximate surface area is 132 Å². The lowest BCUT2D eigenvalue weighted by Gasteiger charge is -2.31. The minimum Gasteiger partial charge on any atom is -0.195 e. The average Bonchev–Trinajstić information content (AvgIpc) is 2.55. The van der Waals surface area contributed by atoms with Gasteiger partial charge in [0.25, 0.3) is 10.2 Å². The lowest BCUT2D eigenvalue weighted by atomic mass is 10.0. The van der Waals surface area contributed by atoms with E-state index in [2.05, 4.69) is 6.07 Å². The first-order valence-corrected chi connectivity index (χ1v) is 8.79. The van der Waals surface area contributed by atoms with Crippen molar-refractivity contribution >= 4 is 10.2 Å². The largest absolute Gasteiger partial charge is 0.282 e. The molecule has 0 fully saturated rings. The van der Waals surface area contributed by atoms with Crippen molar-refractivity contribution < 1.29 is 8.42 Å². The first kappa shape index (κ1) is 15.2. The van der Waals surface area contributed by atoms with Gasteiger partial charge >= 0.3 is 0 Å². The Morgan fingerprint density at radius 2 is 1.64 bits per heavy atom. The summed E-state index contributed by atoms with van der Waals surface area (Å²) in [6, 6.07) is 17.7. The Kier molecular flexibility index (Phi) is 4.29. The molecule has 0 saturated carbocycles. The average molecular weight is 316 g/mol. The molecular weight excluding hydrogens is 296 g/mol. The molecule has 0 N–H and O–H groups in total. The fourth-order valence-corrected chi connectivity index (χ4v) is 4.12. The van der Waals surface area contributed by atoms with Gasteiger partial charge in [-0.05, 0) is 23.1 Å². The van der Waals surface area contributed by atoms with Crippen LogP contribution in [0.25, 0.3) is 0 Å². The minimum atomic E-state index is -3.44. The molecule has 3 rings (SSSR count). The highest BCUT2D eigenvalue weighted by atomic mass is 32.2. The van der Waals surface area contributed by atoms with Crippen molar-refractivity contribution in [3.05, 3.63) is 71.3 Å². The van der Waals surface area contributed by atoms with Crippen LogP contribution in [0.1, 0.15) is 16.7 Å². The van der Waals surface area contributed by atoms with E-state index >= 15 is 0 Å². The van der Waals surface area contributed by atoms with E-state index in [0.29, 0.717) is 19.6 Å². The van der Waals surface area contributed by atoms with Crippen LogP contribution in [0.3, 0.4) is 0 Å². The predicted molar refractivity (Wildman–Crippen MR) is 87.4 cm³/mol. The maximum absolute atomic E-state index is 12.8. The number of rotatable bonds is 4. The Morgan fingerprint density at radius 1 is 1.00 bits per heavy atom. The molecule has 1 aliphatic rings. The summed E-state index contributed by atoms with van der Waals surface area (Å²) in [7, 11) is -1.79. The summed E-state index contributed by atoms with van der Waals surface area (Å²) in [5.74, 6) is 0. The van der Waals surface area contributed by atoms with Crippen molar-refractivity contribution in [2.75, 3.05) is 13.6 Å². The highest BCUT2D eigenvalue weighted by Gasteiger charge is 2.29. The third-order valence-corrected chi connectivity index (χ3v) is 5.94. The number of nitrogens with zero attached hydrogens (tertiary/aromatic N) is 2. The molecule has 0 amide bonds. The topological polar surface area (TPSA) is 40.6 Å². The SMILES string of the molecule is CN(Cc1ccccc1)S(=O)(=O)N1CCc2ccccc2C1. The van der Waals surface area contributed by atoms with E-state index < -0.39 is 10.2 Å². The van der Waals surface area contributed by atoms with Gasteiger partial charge in [-0.25, -0.2) is 0 Å². The van der Waals surface area contributed by atoms with E-state index in [4.69, 9.17) is 0 Å². The minimum absolute atomic E-state index is 0.390. The van der Waals surface area contributed by atoms with Crippen LogP contribution >= 0.6 is 0 Å². The lowest BCUT2D eigenvalue weighted by Crippen LogP contribution is -2.43. The highest BCUT2D eigenvalue weighted by Crippen LogP contribution is 2.22. The molecule has 0 bridgehead atoms. The molecule has 0 radical (unpaired) electrons. The van der Waals surface area contributed by atoms with Crippen molar-refractivity contribution in [1.82, 2.24) is 8.61 Å². The monoisotopic (exact) mass is 316 g/mol. The van der Waals surface area contributed by atoms with E-state index in [1.54, 1.807) is 11.4 Å². The van der Waals surface area contributed by atoms with Crippen molar-refractivity contribution in [3.63, 3.8) is 0 Å². The normalized spacial score (nSPS) is 15.7. The quantitative estimate of drug-likeness (QED) is 0.869. The zero-order chi connectivity index (χ0) is 15.6. The van der Waals surface area contributed by atoms with Crippen molar-refractivity contribution in [2.45, 2.75) is 19.5 Å². The fraction of sp³-hybridized carbons (Fsp3) is 0.294. The molecule has 0 unspecified atom stereocenters. The van der Waals surface area contributed by atoms with Gasteiger partial charge in [0.2, 0.25) is 0 Å². The standard InChI is InChI=1S/C17H20N2O2S/c1-18(13-15-7-3-2-4-8-15)22(20,21)19-12-11-16-9-5-6-10-17(16)14-19/h2-10H,11-14H2,1H3. The highest BCUT2D eigenvalue weighted by molar-refractivity contribution is 7.86. The Morgan fingerprint density at radius 3 is 2.36 bits per heavy atom. The molecule has 22 heavy (non-hydrogen) atoms. The van der Waals surface area contributed by atoms with Crippen LogP contribution in [0.5, 0.6) is 0 Å². The van der Waals surface area contributed by atoms with Gasteiger partial charge in [-0.1, -0.05) is 54.6 Å². The van der Waals surface area contributed by atoms with E-state index in [0.717, 1.165) is 17.5 Å². The van der Waals surface area contributed by atoms with Crippen LogP contribution in [0.4, 0.5) is 0 Å². The van der Waals surface area contributed by atoms with Crippen LogP contribution < -0.4 is 0 Å². The summed E-state index contributed by atoms with van der Waals surface area (Å²) in [5.41, 5.74) is 3.34. The summed E-state index contributed by atoms with van der Waals surface area (Å²) < 4.78 is 28.5. The van der Waals surface area contributed by atoms with E-state index in [1.807, 2.05) is 48.5 Å². The van der Waals surface area contributed by atoms with Gasteiger partial charge in [-0.2, -0.15) is 17.0 Å². The lowest BCUT2D eigenvalue weighted by molar-refractivity contribution is 0.342.